The highest BCUT2D eigenvalue weighted by Crippen LogP contribution is 2.34. The molecule has 0 aromatic heterocycles. The van der Waals surface area contributed by atoms with E-state index in [9.17, 15) is 0 Å². The quantitative estimate of drug-likeness (QED) is 0.886. The number of hydrogen-bond donors (Lipinski definition) is 1. The van der Waals surface area contributed by atoms with Crippen molar-refractivity contribution in [1.82, 2.24) is 0 Å². The summed E-state index contributed by atoms with van der Waals surface area (Å²) in [5, 5.41) is 0. The molecule has 1 aliphatic heterocycles. The van der Waals surface area contributed by atoms with E-state index >= 15 is 0 Å². The molecule has 1 aromatic carbocycles. The fraction of sp³-hybridized carbons (Fsp3) is 0.571. The lowest BCUT2D eigenvalue weighted by atomic mass is 10.0. The lowest BCUT2D eigenvalue weighted by molar-refractivity contribution is 0.171. The topological polar surface area (TPSA) is 47.7 Å². The van der Waals surface area contributed by atoms with Gasteiger partial charge in [-0.2, -0.15) is 0 Å². The van der Waals surface area contributed by atoms with E-state index < -0.39 is 0 Å². The fourth-order valence-electron chi connectivity index (χ4n) is 2.32. The first kappa shape index (κ1) is 13.0. The average Bonchev–Trinajstić information content (AvgIpc) is 2.38. The SMILES string of the molecule is CC(C)C(CN)N(C)c1ccc2c(c1)OCCO2. The zero-order valence-corrected chi connectivity index (χ0v) is 11.3. The average molecular weight is 250 g/mol. The summed E-state index contributed by atoms with van der Waals surface area (Å²) in [6.07, 6.45) is 0. The van der Waals surface area contributed by atoms with Gasteiger partial charge < -0.3 is 20.1 Å². The number of benzene rings is 1. The van der Waals surface area contributed by atoms with Crippen molar-refractivity contribution in [3.05, 3.63) is 18.2 Å². The predicted octanol–water partition coefficient (Wildman–Crippen LogP) is 1.88. The van der Waals surface area contributed by atoms with Crippen LogP contribution in [0.25, 0.3) is 0 Å². The molecule has 18 heavy (non-hydrogen) atoms. The molecule has 1 unspecified atom stereocenters. The van der Waals surface area contributed by atoms with E-state index in [0.29, 0.717) is 31.7 Å². The van der Waals surface area contributed by atoms with Crippen LogP contribution in [-0.4, -0.2) is 32.8 Å². The molecule has 0 bridgehead atoms. The molecule has 2 rings (SSSR count). The Morgan fingerprint density at radius 3 is 2.50 bits per heavy atom. The first-order valence-corrected chi connectivity index (χ1v) is 6.46. The second-order valence-corrected chi connectivity index (χ2v) is 4.99. The molecule has 1 atom stereocenters. The van der Waals surface area contributed by atoms with Gasteiger partial charge in [0.05, 0.1) is 0 Å². The lowest BCUT2D eigenvalue weighted by Gasteiger charge is -2.32. The molecule has 1 aliphatic rings. The second kappa shape index (κ2) is 5.48. The Kier molecular flexibility index (Phi) is 3.97. The van der Waals surface area contributed by atoms with Crippen molar-refractivity contribution >= 4 is 5.69 Å². The third-order valence-electron chi connectivity index (χ3n) is 3.44. The second-order valence-electron chi connectivity index (χ2n) is 4.99. The van der Waals surface area contributed by atoms with Gasteiger partial charge in [-0.15, -0.1) is 0 Å². The van der Waals surface area contributed by atoms with Crippen molar-refractivity contribution in [2.24, 2.45) is 11.7 Å². The van der Waals surface area contributed by atoms with Crippen LogP contribution in [0.2, 0.25) is 0 Å². The molecule has 0 saturated carbocycles. The maximum atomic E-state index is 5.85. The Morgan fingerprint density at radius 2 is 1.89 bits per heavy atom. The number of nitrogens with two attached hydrogens (primary N) is 1. The van der Waals surface area contributed by atoms with Gasteiger partial charge >= 0.3 is 0 Å². The Hall–Kier alpha value is -1.42. The Balaban J connectivity index is 2.22. The van der Waals surface area contributed by atoms with Crippen LogP contribution in [0, 0.1) is 5.92 Å². The van der Waals surface area contributed by atoms with Crippen LogP contribution >= 0.6 is 0 Å². The van der Waals surface area contributed by atoms with Crippen LogP contribution in [0.5, 0.6) is 11.5 Å². The van der Waals surface area contributed by atoms with E-state index in [4.69, 9.17) is 15.2 Å². The monoisotopic (exact) mass is 250 g/mol. The van der Waals surface area contributed by atoms with Crippen LogP contribution in [-0.2, 0) is 0 Å². The Bertz CT molecular complexity index is 407. The summed E-state index contributed by atoms with van der Waals surface area (Å²) in [4.78, 5) is 2.21. The maximum absolute atomic E-state index is 5.85. The van der Waals surface area contributed by atoms with Crippen molar-refractivity contribution in [3.8, 4) is 11.5 Å². The summed E-state index contributed by atoms with van der Waals surface area (Å²) in [7, 11) is 2.07. The van der Waals surface area contributed by atoms with Gasteiger partial charge in [-0.1, -0.05) is 13.8 Å². The van der Waals surface area contributed by atoms with Gasteiger partial charge in [-0.25, -0.2) is 0 Å². The highest BCUT2D eigenvalue weighted by molar-refractivity contribution is 5.57. The number of likely N-dealkylation sites (N-methyl/N-ethyl adjacent to an activating group) is 1. The fourth-order valence-corrected chi connectivity index (χ4v) is 2.32. The molecule has 2 N–H and O–H groups in total. The van der Waals surface area contributed by atoms with E-state index in [1.54, 1.807) is 0 Å². The lowest BCUT2D eigenvalue weighted by Crippen LogP contribution is -2.41. The summed E-state index contributed by atoms with van der Waals surface area (Å²) in [5.74, 6) is 2.16. The molecule has 0 aliphatic carbocycles. The van der Waals surface area contributed by atoms with E-state index in [2.05, 4.69) is 31.9 Å². The van der Waals surface area contributed by atoms with Crippen molar-refractivity contribution in [2.75, 3.05) is 31.7 Å². The largest absolute Gasteiger partial charge is 0.486 e. The highest BCUT2D eigenvalue weighted by atomic mass is 16.6. The minimum absolute atomic E-state index is 0.326. The van der Waals surface area contributed by atoms with Gasteiger partial charge in [0, 0.05) is 31.4 Å². The normalized spacial score (nSPS) is 15.6. The van der Waals surface area contributed by atoms with E-state index in [0.717, 1.165) is 17.2 Å². The van der Waals surface area contributed by atoms with Gasteiger partial charge in [0.1, 0.15) is 13.2 Å². The maximum Gasteiger partial charge on any atom is 0.163 e. The third-order valence-corrected chi connectivity index (χ3v) is 3.44. The first-order chi connectivity index (χ1) is 8.63. The Morgan fingerprint density at radius 1 is 1.22 bits per heavy atom. The predicted molar refractivity (Wildman–Crippen MR) is 73.5 cm³/mol. The molecule has 4 heteroatoms. The van der Waals surface area contributed by atoms with Crippen LogP contribution in [0.15, 0.2) is 18.2 Å². The van der Waals surface area contributed by atoms with Crippen LogP contribution in [0.4, 0.5) is 5.69 Å². The molecule has 1 heterocycles. The van der Waals surface area contributed by atoms with Crippen LogP contribution < -0.4 is 20.1 Å². The molecule has 1 aromatic rings. The van der Waals surface area contributed by atoms with Crippen molar-refractivity contribution in [1.29, 1.82) is 0 Å². The number of rotatable bonds is 4. The number of anilines is 1. The summed E-state index contributed by atoms with van der Waals surface area (Å²) < 4.78 is 11.1. The highest BCUT2D eigenvalue weighted by Gasteiger charge is 2.19. The van der Waals surface area contributed by atoms with E-state index in [-0.39, 0.29) is 0 Å². The third kappa shape index (κ3) is 2.53. The molecule has 0 radical (unpaired) electrons. The number of fused-ring (bicyclic) bond motifs is 1. The van der Waals surface area contributed by atoms with Gasteiger partial charge in [-0.3, -0.25) is 0 Å². The Labute approximate surface area is 109 Å². The van der Waals surface area contributed by atoms with Gasteiger partial charge in [0.15, 0.2) is 11.5 Å². The number of ether oxygens (including phenoxy) is 2. The number of nitrogens with zero attached hydrogens (tertiary/aromatic N) is 1. The zero-order chi connectivity index (χ0) is 13.1. The molecule has 4 nitrogen and oxygen atoms in total. The molecular weight excluding hydrogens is 228 g/mol. The molecule has 0 saturated heterocycles. The standard InChI is InChI=1S/C14H22N2O2/c1-10(2)12(9-15)16(3)11-4-5-13-14(8-11)18-7-6-17-13/h4-5,8,10,12H,6-7,9,15H2,1-3H3. The zero-order valence-electron chi connectivity index (χ0n) is 11.3. The number of hydrogen-bond acceptors (Lipinski definition) is 4. The first-order valence-electron chi connectivity index (χ1n) is 6.46. The summed E-state index contributed by atoms with van der Waals surface area (Å²) in [6, 6.07) is 6.37. The summed E-state index contributed by atoms with van der Waals surface area (Å²) in [5.41, 5.74) is 6.97. The van der Waals surface area contributed by atoms with Gasteiger partial charge in [0.2, 0.25) is 0 Å². The summed E-state index contributed by atoms with van der Waals surface area (Å²) >= 11 is 0. The van der Waals surface area contributed by atoms with Gasteiger partial charge in [0.25, 0.3) is 0 Å². The van der Waals surface area contributed by atoms with E-state index in [1.165, 1.54) is 0 Å². The minimum Gasteiger partial charge on any atom is -0.486 e. The van der Waals surface area contributed by atoms with Crippen LogP contribution in [0.3, 0.4) is 0 Å². The molecule has 0 spiro atoms. The molecular formula is C14H22N2O2. The molecule has 100 valence electrons. The van der Waals surface area contributed by atoms with Gasteiger partial charge in [-0.05, 0) is 18.1 Å². The van der Waals surface area contributed by atoms with Crippen LogP contribution in [0.1, 0.15) is 13.8 Å². The van der Waals surface area contributed by atoms with Crippen molar-refractivity contribution in [2.45, 2.75) is 19.9 Å². The summed E-state index contributed by atoms with van der Waals surface area (Å²) in [6.45, 7) is 6.25. The smallest absolute Gasteiger partial charge is 0.163 e. The van der Waals surface area contributed by atoms with Crippen molar-refractivity contribution in [3.63, 3.8) is 0 Å². The molecule has 0 amide bonds. The van der Waals surface area contributed by atoms with E-state index in [1.807, 2.05) is 12.1 Å². The molecule has 0 fully saturated rings. The minimum atomic E-state index is 0.326. The van der Waals surface area contributed by atoms with Crippen molar-refractivity contribution < 1.29 is 9.47 Å².